The molecule has 1 aromatic rings. The second-order valence-electron chi connectivity index (χ2n) is 2.97. The van der Waals surface area contributed by atoms with Gasteiger partial charge in [0.25, 0.3) is 0 Å². The van der Waals surface area contributed by atoms with Crippen molar-refractivity contribution in [3.05, 3.63) is 30.3 Å². The lowest BCUT2D eigenvalue weighted by atomic mass is 10.3. The minimum atomic E-state index is -0.501. The van der Waals surface area contributed by atoms with Crippen LogP contribution >= 0.6 is 19.4 Å². The van der Waals surface area contributed by atoms with Gasteiger partial charge in [0.05, 0.1) is 0 Å². The van der Waals surface area contributed by atoms with E-state index in [4.69, 9.17) is 16.1 Å². The fraction of sp³-hybridized carbons (Fsp3) is 0.300. The fourth-order valence-electron chi connectivity index (χ4n) is 1.09. The van der Waals surface area contributed by atoms with Crippen molar-refractivity contribution in [3.63, 3.8) is 0 Å². The van der Waals surface area contributed by atoms with E-state index < -0.39 is 7.77 Å². The highest BCUT2D eigenvalue weighted by molar-refractivity contribution is 7.56. The lowest BCUT2D eigenvalue weighted by Gasteiger charge is -1.94. The van der Waals surface area contributed by atoms with Crippen LogP contribution in [-0.2, 0) is 0 Å². The molecule has 0 spiro atoms. The SMILES string of the molecule is ClC[P+](Oc1ccccc1)=C1CC1. The molecule has 68 valence electrons. The maximum absolute atomic E-state index is 5.84. The maximum atomic E-state index is 5.84. The van der Waals surface area contributed by atoms with E-state index in [1.165, 1.54) is 18.1 Å². The molecule has 2 rings (SSSR count). The van der Waals surface area contributed by atoms with Gasteiger partial charge in [-0.3, -0.25) is 4.52 Å². The molecule has 1 saturated carbocycles. The van der Waals surface area contributed by atoms with Gasteiger partial charge in [0.2, 0.25) is 5.62 Å². The number of halogens is 1. The lowest BCUT2D eigenvalue weighted by Crippen LogP contribution is -1.84. The molecule has 0 aromatic heterocycles. The van der Waals surface area contributed by atoms with Gasteiger partial charge in [-0.25, -0.2) is 0 Å². The van der Waals surface area contributed by atoms with Gasteiger partial charge < -0.3 is 0 Å². The third-order valence-corrected chi connectivity index (χ3v) is 4.35. The highest BCUT2D eigenvalue weighted by atomic mass is 35.5. The van der Waals surface area contributed by atoms with E-state index >= 15 is 0 Å². The van der Waals surface area contributed by atoms with Crippen LogP contribution in [0.5, 0.6) is 5.75 Å². The number of benzene rings is 1. The first-order chi connectivity index (χ1) is 6.40. The number of rotatable bonds is 3. The van der Waals surface area contributed by atoms with Crippen LogP contribution in [0, 0.1) is 0 Å². The van der Waals surface area contributed by atoms with Gasteiger partial charge in [0.15, 0.2) is 5.75 Å². The normalized spacial score (nSPS) is 15.5. The molecular formula is C10H11ClOP+. The smallest absolute Gasteiger partial charge is 0.290 e. The summed E-state index contributed by atoms with van der Waals surface area (Å²) in [5, 5.41) is 1.51. The van der Waals surface area contributed by atoms with Gasteiger partial charge in [-0.2, -0.15) is 0 Å². The average molecular weight is 214 g/mol. The van der Waals surface area contributed by atoms with Crippen LogP contribution in [0.3, 0.4) is 0 Å². The maximum Gasteiger partial charge on any atom is 0.321 e. The van der Waals surface area contributed by atoms with E-state index in [2.05, 4.69) is 0 Å². The van der Waals surface area contributed by atoms with Crippen molar-refractivity contribution < 1.29 is 4.52 Å². The summed E-state index contributed by atoms with van der Waals surface area (Å²) < 4.78 is 5.78. The topological polar surface area (TPSA) is 9.23 Å². The van der Waals surface area contributed by atoms with Crippen LogP contribution in [0.4, 0.5) is 0 Å². The highest BCUT2D eigenvalue weighted by Gasteiger charge is 2.30. The van der Waals surface area contributed by atoms with Crippen LogP contribution in [0.15, 0.2) is 30.3 Å². The zero-order chi connectivity index (χ0) is 9.10. The quantitative estimate of drug-likeness (QED) is 0.550. The minimum absolute atomic E-state index is 0.501. The van der Waals surface area contributed by atoms with E-state index in [0.29, 0.717) is 5.62 Å². The number of para-hydroxylation sites is 1. The first-order valence-electron chi connectivity index (χ1n) is 4.31. The Bertz CT molecular complexity index is 315. The lowest BCUT2D eigenvalue weighted by molar-refractivity contribution is 0.631. The van der Waals surface area contributed by atoms with E-state index in [-0.39, 0.29) is 0 Å². The molecule has 0 heterocycles. The number of alkyl halides is 1. The zero-order valence-corrected chi connectivity index (χ0v) is 8.89. The van der Waals surface area contributed by atoms with Crippen LogP contribution in [0.25, 0.3) is 0 Å². The number of hydrogen-bond acceptors (Lipinski definition) is 1. The van der Waals surface area contributed by atoms with Gasteiger partial charge in [-0.1, -0.05) is 29.8 Å². The predicted octanol–water partition coefficient (Wildman–Crippen LogP) is 3.62. The summed E-state index contributed by atoms with van der Waals surface area (Å²) >= 11 is 5.84. The first-order valence-corrected chi connectivity index (χ1v) is 6.29. The standard InChI is InChI=1S/C10H11ClOP/c11-8-13(10-6-7-10)12-9-4-2-1-3-5-9/h1-5H,6-8H2/q+1. The van der Waals surface area contributed by atoms with E-state index in [9.17, 15) is 0 Å². The first kappa shape index (κ1) is 9.05. The Morgan fingerprint density at radius 1 is 1.23 bits per heavy atom. The Morgan fingerprint density at radius 3 is 2.46 bits per heavy atom. The fourth-order valence-corrected chi connectivity index (χ4v) is 3.07. The van der Waals surface area contributed by atoms with Crippen molar-refractivity contribution in [2.24, 2.45) is 0 Å². The summed E-state index contributed by atoms with van der Waals surface area (Å²) in [7, 11) is -0.501. The Morgan fingerprint density at radius 2 is 1.92 bits per heavy atom. The molecule has 13 heavy (non-hydrogen) atoms. The molecule has 1 unspecified atom stereocenters. The van der Waals surface area contributed by atoms with E-state index in [0.717, 1.165) is 5.75 Å². The van der Waals surface area contributed by atoms with Crippen molar-refractivity contribution in [3.8, 4) is 5.75 Å². The summed E-state index contributed by atoms with van der Waals surface area (Å²) in [5.41, 5.74) is 0.625. The molecule has 0 saturated heterocycles. The van der Waals surface area contributed by atoms with Crippen molar-refractivity contribution in [2.45, 2.75) is 12.8 Å². The molecule has 0 bridgehead atoms. The molecule has 1 fully saturated rings. The van der Waals surface area contributed by atoms with E-state index in [1.807, 2.05) is 30.3 Å². The van der Waals surface area contributed by atoms with E-state index in [1.54, 1.807) is 0 Å². The Labute approximate surface area is 84.1 Å². The molecule has 0 N–H and O–H groups in total. The third-order valence-electron chi connectivity index (χ3n) is 1.89. The predicted molar refractivity (Wildman–Crippen MR) is 59.0 cm³/mol. The summed E-state index contributed by atoms with van der Waals surface area (Å²) in [6.07, 6.45) is 2.43. The Kier molecular flexibility index (Phi) is 2.87. The molecule has 1 aromatic carbocycles. The largest absolute Gasteiger partial charge is 0.321 e. The molecule has 1 aliphatic rings. The van der Waals surface area contributed by atoms with Crippen LogP contribution in [0.1, 0.15) is 12.8 Å². The average Bonchev–Trinajstić information content (AvgIpc) is 2.99. The second kappa shape index (κ2) is 4.13. The summed E-state index contributed by atoms with van der Waals surface area (Å²) in [6.45, 7) is 0. The van der Waals surface area contributed by atoms with Crippen molar-refractivity contribution >= 4 is 24.7 Å². The molecule has 1 atom stereocenters. The van der Waals surface area contributed by atoms with Crippen LogP contribution in [0.2, 0.25) is 0 Å². The molecule has 3 heteroatoms. The molecule has 0 amide bonds. The third kappa shape index (κ3) is 2.46. The zero-order valence-electron chi connectivity index (χ0n) is 7.24. The molecule has 1 nitrogen and oxygen atoms in total. The van der Waals surface area contributed by atoms with Gasteiger partial charge in [-0.05, 0) is 12.1 Å². The molecule has 0 aliphatic heterocycles. The Balaban J connectivity index is 2.09. The summed E-state index contributed by atoms with van der Waals surface area (Å²) in [4.78, 5) is 0. The molecule has 1 aliphatic carbocycles. The van der Waals surface area contributed by atoms with Gasteiger partial charge in [0, 0.05) is 12.8 Å². The Hall–Kier alpha value is -0.520. The van der Waals surface area contributed by atoms with Crippen molar-refractivity contribution in [2.75, 3.05) is 5.62 Å². The summed E-state index contributed by atoms with van der Waals surface area (Å²) in [6, 6.07) is 9.90. The summed E-state index contributed by atoms with van der Waals surface area (Å²) in [5.74, 6) is 0.939. The van der Waals surface area contributed by atoms with Gasteiger partial charge >= 0.3 is 7.77 Å². The van der Waals surface area contributed by atoms with Crippen molar-refractivity contribution in [1.29, 1.82) is 0 Å². The van der Waals surface area contributed by atoms with Crippen LogP contribution in [-0.4, -0.2) is 10.9 Å². The monoisotopic (exact) mass is 213 g/mol. The minimum Gasteiger partial charge on any atom is -0.290 e. The van der Waals surface area contributed by atoms with Gasteiger partial charge in [0.1, 0.15) is 5.29 Å². The number of hydrogen-bond donors (Lipinski definition) is 0. The van der Waals surface area contributed by atoms with Crippen molar-refractivity contribution in [1.82, 2.24) is 0 Å². The highest BCUT2D eigenvalue weighted by Crippen LogP contribution is 2.38. The van der Waals surface area contributed by atoms with Gasteiger partial charge in [-0.15, -0.1) is 0 Å². The molecule has 0 radical (unpaired) electrons. The second-order valence-corrected chi connectivity index (χ2v) is 5.50. The van der Waals surface area contributed by atoms with Crippen LogP contribution < -0.4 is 4.52 Å². The molecular weight excluding hydrogens is 203 g/mol.